The molecule has 2 aromatic rings. The number of rotatable bonds is 6. The molecule has 2 aromatic carbocycles. The molecule has 4 nitrogen and oxygen atoms in total. The SMILES string of the molecule is COc1ccc(CN[C@H](C)C(=O)Nc2ccc(C)cc2)c(F)c1F. The van der Waals surface area contributed by atoms with Gasteiger partial charge in [0.05, 0.1) is 13.2 Å². The van der Waals surface area contributed by atoms with Crippen molar-refractivity contribution >= 4 is 11.6 Å². The summed E-state index contributed by atoms with van der Waals surface area (Å²) in [5, 5.41) is 5.64. The van der Waals surface area contributed by atoms with Crippen LogP contribution in [0.5, 0.6) is 5.75 Å². The van der Waals surface area contributed by atoms with E-state index in [2.05, 4.69) is 10.6 Å². The molecule has 0 aliphatic carbocycles. The van der Waals surface area contributed by atoms with E-state index in [9.17, 15) is 13.6 Å². The molecule has 0 fully saturated rings. The van der Waals surface area contributed by atoms with Crippen molar-refractivity contribution in [2.24, 2.45) is 0 Å². The van der Waals surface area contributed by atoms with Crippen LogP contribution in [0.3, 0.4) is 0 Å². The highest BCUT2D eigenvalue weighted by Gasteiger charge is 2.16. The number of hydrogen-bond acceptors (Lipinski definition) is 3. The summed E-state index contributed by atoms with van der Waals surface area (Å²) in [6, 6.07) is 9.60. The van der Waals surface area contributed by atoms with Crippen molar-refractivity contribution in [3.63, 3.8) is 0 Å². The second-order valence-corrected chi connectivity index (χ2v) is 5.51. The van der Waals surface area contributed by atoms with Crippen molar-refractivity contribution in [1.82, 2.24) is 5.32 Å². The lowest BCUT2D eigenvalue weighted by Gasteiger charge is -2.15. The van der Waals surface area contributed by atoms with Gasteiger partial charge in [0.15, 0.2) is 11.6 Å². The van der Waals surface area contributed by atoms with Gasteiger partial charge in [0.2, 0.25) is 11.7 Å². The Labute approximate surface area is 139 Å². The van der Waals surface area contributed by atoms with E-state index in [0.717, 1.165) is 5.56 Å². The lowest BCUT2D eigenvalue weighted by molar-refractivity contribution is -0.117. The Hall–Kier alpha value is -2.47. The molecule has 6 heteroatoms. The fourth-order valence-electron chi connectivity index (χ4n) is 2.11. The number of anilines is 1. The van der Waals surface area contributed by atoms with Crippen LogP contribution in [0.15, 0.2) is 36.4 Å². The Morgan fingerprint density at radius 3 is 2.42 bits per heavy atom. The highest BCUT2D eigenvalue weighted by atomic mass is 19.2. The smallest absolute Gasteiger partial charge is 0.241 e. The maximum absolute atomic E-state index is 13.9. The summed E-state index contributed by atoms with van der Waals surface area (Å²) >= 11 is 0. The molecule has 2 rings (SSSR count). The van der Waals surface area contributed by atoms with E-state index in [1.54, 1.807) is 19.1 Å². The largest absolute Gasteiger partial charge is 0.494 e. The first-order valence-electron chi connectivity index (χ1n) is 7.54. The van der Waals surface area contributed by atoms with Gasteiger partial charge in [-0.05, 0) is 32.0 Å². The number of aryl methyl sites for hydroxylation is 1. The van der Waals surface area contributed by atoms with Crippen LogP contribution in [0.25, 0.3) is 0 Å². The van der Waals surface area contributed by atoms with Gasteiger partial charge in [0.25, 0.3) is 0 Å². The summed E-state index contributed by atoms with van der Waals surface area (Å²) in [6.45, 7) is 3.63. The molecule has 1 amide bonds. The first-order valence-corrected chi connectivity index (χ1v) is 7.54. The van der Waals surface area contributed by atoms with E-state index in [0.29, 0.717) is 5.69 Å². The van der Waals surface area contributed by atoms with Crippen LogP contribution < -0.4 is 15.4 Å². The minimum absolute atomic E-state index is 0.0230. The first-order chi connectivity index (χ1) is 11.4. The Balaban J connectivity index is 1.95. The third-order valence-corrected chi connectivity index (χ3v) is 3.66. The lowest BCUT2D eigenvalue weighted by atomic mass is 10.1. The second kappa shape index (κ2) is 7.88. The van der Waals surface area contributed by atoms with Crippen molar-refractivity contribution in [1.29, 1.82) is 0 Å². The van der Waals surface area contributed by atoms with Crippen LogP contribution in [-0.4, -0.2) is 19.1 Å². The predicted octanol–water partition coefficient (Wildman–Crippen LogP) is 3.40. The zero-order chi connectivity index (χ0) is 17.7. The zero-order valence-corrected chi connectivity index (χ0v) is 13.8. The minimum Gasteiger partial charge on any atom is -0.494 e. The van der Waals surface area contributed by atoms with Gasteiger partial charge in [-0.25, -0.2) is 4.39 Å². The summed E-state index contributed by atoms with van der Waals surface area (Å²) in [7, 11) is 1.27. The normalized spacial score (nSPS) is 11.9. The van der Waals surface area contributed by atoms with E-state index in [1.165, 1.54) is 19.2 Å². The molecule has 0 aromatic heterocycles. The Kier molecular flexibility index (Phi) is 5.87. The number of methoxy groups -OCH3 is 1. The van der Waals surface area contributed by atoms with Gasteiger partial charge in [0.1, 0.15) is 0 Å². The number of halogens is 2. The summed E-state index contributed by atoms with van der Waals surface area (Å²) < 4.78 is 32.3. The minimum atomic E-state index is -1.03. The topological polar surface area (TPSA) is 50.4 Å². The van der Waals surface area contributed by atoms with E-state index in [4.69, 9.17) is 4.74 Å². The van der Waals surface area contributed by atoms with E-state index in [-0.39, 0.29) is 23.8 Å². The quantitative estimate of drug-likeness (QED) is 0.851. The third kappa shape index (κ3) is 4.29. The number of ether oxygens (including phenoxy) is 1. The molecule has 0 bridgehead atoms. The van der Waals surface area contributed by atoms with Crippen LogP contribution in [0, 0.1) is 18.6 Å². The van der Waals surface area contributed by atoms with Crippen LogP contribution in [0.4, 0.5) is 14.5 Å². The molecule has 0 saturated carbocycles. The maximum Gasteiger partial charge on any atom is 0.241 e. The number of hydrogen-bond donors (Lipinski definition) is 2. The first kappa shape index (κ1) is 17.9. The zero-order valence-electron chi connectivity index (χ0n) is 13.8. The van der Waals surface area contributed by atoms with Gasteiger partial charge in [-0.15, -0.1) is 0 Å². The molecule has 0 aliphatic heterocycles. The predicted molar refractivity (Wildman–Crippen MR) is 89.0 cm³/mol. The fourth-order valence-corrected chi connectivity index (χ4v) is 2.11. The molecule has 0 radical (unpaired) electrons. The summed E-state index contributed by atoms with van der Waals surface area (Å²) in [5.74, 6) is -2.42. The lowest BCUT2D eigenvalue weighted by Crippen LogP contribution is -2.37. The van der Waals surface area contributed by atoms with E-state index in [1.807, 2.05) is 19.1 Å². The van der Waals surface area contributed by atoms with Gasteiger partial charge in [0, 0.05) is 17.8 Å². The average Bonchev–Trinajstić information content (AvgIpc) is 2.58. The van der Waals surface area contributed by atoms with E-state index >= 15 is 0 Å². The molecule has 0 aliphatic rings. The molecule has 1 atom stereocenters. The maximum atomic E-state index is 13.9. The Morgan fingerprint density at radius 1 is 1.12 bits per heavy atom. The number of carbonyl (C=O) groups is 1. The summed E-state index contributed by atoms with van der Waals surface area (Å²) in [4.78, 5) is 12.1. The Morgan fingerprint density at radius 2 is 1.79 bits per heavy atom. The number of amides is 1. The molecular formula is C18H20F2N2O2. The monoisotopic (exact) mass is 334 g/mol. The number of carbonyl (C=O) groups excluding carboxylic acids is 1. The van der Waals surface area contributed by atoms with Crippen molar-refractivity contribution in [2.45, 2.75) is 26.4 Å². The molecule has 0 spiro atoms. The van der Waals surface area contributed by atoms with Crippen LogP contribution >= 0.6 is 0 Å². The molecular weight excluding hydrogens is 314 g/mol. The summed E-state index contributed by atoms with van der Waals surface area (Å²) in [5.41, 5.74) is 1.90. The highest BCUT2D eigenvalue weighted by Crippen LogP contribution is 2.22. The molecule has 2 N–H and O–H groups in total. The average molecular weight is 334 g/mol. The second-order valence-electron chi connectivity index (χ2n) is 5.51. The van der Waals surface area contributed by atoms with Crippen molar-refractivity contribution in [3.8, 4) is 5.75 Å². The standard InChI is InChI=1S/C18H20F2N2O2/c1-11-4-7-14(8-5-11)22-18(23)12(2)21-10-13-6-9-15(24-3)17(20)16(13)19/h4-9,12,21H,10H2,1-3H3,(H,22,23)/t12-/m1/s1. The molecule has 128 valence electrons. The fraction of sp³-hybridized carbons (Fsp3) is 0.278. The van der Waals surface area contributed by atoms with Crippen LogP contribution in [-0.2, 0) is 11.3 Å². The van der Waals surface area contributed by atoms with Gasteiger partial charge in [-0.2, -0.15) is 4.39 Å². The van der Waals surface area contributed by atoms with Crippen molar-refractivity contribution in [2.75, 3.05) is 12.4 Å². The number of nitrogens with one attached hydrogen (secondary N) is 2. The Bertz CT molecular complexity index is 718. The van der Waals surface area contributed by atoms with Gasteiger partial charge in [-0.1, -0.05) is 23.8 Å². The summed E-state index contributed by atoms with van der Waals surface area (Å²) in [6.07, 6.45) is 0. The molecule has 0 heterocycles. The number of benzene rings is 2. The van der Waals surface area contributed by atoms with Gasteiger partial charge < -0.3 is 15.4 Å². The molecule has 0 unspecified atom stereocenters. The van der Waals surface area contributed by atoms with Crippen LogP contribution in [0.1, 0.15) is 18.1 Å². The van der Waals surface area contributed by atoms with Crippen LogP contribution in [0.2, 0.25) is 0 Å². The van der Waals surface area contributed by atoms with Crippen molar-refractivity contribution < 1.29 is 18.3 Å². The molecule has 24 heavy (non-hydrogen) atoms. The van der Waals surface area contributed by atoms with Gasteiger partial charge >= 0.3 is 0 Å². The molecule has 0 saturated heterocycles. The van der Waals surface area contributed by atoms with Gasteiger partial charge in [-0.3, -0.25) is 4.79 Å². The highest BCUT2D eigenvalue weighted by molar-refractivity contribution is 5.94. The van der Waals surface area contributed by atoms with Crippen molar-refractivity contribution in [3.05, 3.63) is 59.2 Å². The van der Waals surface area contributed by atoms with E-state index < -0.39 is 17.7 Å². The third-order valence-electron chi connectivity index (χ3n) is 3.66.